The van der Waals surface area contributed by atoms with Crippen LogP contribution in [0.25, 0.3) is 0 Å². The smallest absolute Gasteiger partial charge is 0.329 e. The quantitative estimate of drug-likeness (QED) is 0.163. The summed E-state index contributed by atoms with van der Waals surface area (Å²) >= 11 is 6.87. The van der Waals surface area contributed by atoms with Crippen LogP contribution in [-0.4, -0.2) is 43.9 Å². The number of fused-ring (bicyclic) bond motifs is 1. The first kappa shape index (κ1) is 29.9. The van der Waals surface area contributed by atoms with E-state index in [2.05, 4.69) is 53.0 Å². The average molecular weight is 690 g/mol. The average Bonchev–Trinajstić information content (AvgIpc) is 3.41. The van der Waals surface area contributed by atoms with Crippen molar-refractivity contribution in [2.24, 2.45) is 5.10 Å². The molecule has 0 radical (unpaired) electrons. The van der Waals surface area contributed by atoms with Gasteiger partial charge in [0.2, 0.25) is 6.79 Å². The molecule has 1 aliphatic heterocycles. The fourth-order valence-corrected chi connectivity index (χ4v) is 4.47. The highest BCUT2D eigenvalue weighted by Gasteiger charge is 2.17. The van der Waals surface area contributed by atoms with Gasteiger partial charge in [-0.15, -0.1) is 0 Å². The zero-order chi connectivity index (χ0) is 29.4. The van der Waals surface area contributed by atoms with E-state index in [1.54, 1.807) is 36.4 Å². The highest BCUT2D eigenvalue weighted by molar-refractivity contribution is 9.10. The van der Waals surface area contributed by atoms with Gasteiger partial charge in [-0.25, -0.2) is 5.43 Å². The van der Waals surface area contributed by atoms with Crippen molar-refractivity contribution in [3.05, 3.63) is 74.2 Å². The van der Waals surface area contributed by atoms with Gasteiger partial charge in [-0.1, -0.05) is 22.0 Å². The Morgan fingerprint density at radius 3 is 2.56 bits per heavy atom. The van der Waals surface area contributed by atoms with Crippen LogP contribution in [0.2, 0.25) is 0 Å². The maximum atomic E-state index is 12.5. The van der Waals surface area contributed by atoms with Crippen LogP contribution in [0.3, 0.4) is 0 Å². The molecule has 3 aromatic carbocycles. The molecule has 3 N–H and O–H groups in total. The maximum absolute atomic E-state index is 12.5. The molecule has 214 valence electrons. The third-order valence-corrected chi connectivity index (χ3v) is 7.08. The predicted molar refractivity (Wildman–Crippen MR) is 158 cm³/mol. The van der Waals surface area contributed by atoms with Gasteiger partial charge in [0.05, 0.1) is 17.3 Å². The molecule has 11 nitrogen and oxygen atoms in total. The Labute approximate surface area is 252 Å². The number of carbonyl (C=O) groups is 3. The number of hydrogen-bond acceptors (Lipinski definition) is 8. The van der Waals surface area contributed by atoms with Crippen molar-refractivity contribution in [3.63, 3.8) is 0 Å². The summed E-state index contributed by atoms with van der Waals surface area (Å²) in [6, 6.07) is 14.0. The minimum absolute atomic E-state index is 0.125. The number of benzene rings is 3. The fraction of sp³-hybridized carbons (Fsp3) is 0.214. The summed E-state index contributed by atoms with van der Waals surface area (Å²) in [4.78, 5) is 36.8. The summed E-state index contributed by atoms with van der Waals surface area (Å²) in [7, 11) is 0. The number of carbonyl (C=O) groups excluding carboxylic acids is 3. The number of nitrogens with one attached hydrogen (secondary N) is 3. The highest BCUT2D eigenvalue weighted by atomic mass is 79.9. The Morgan fingerprint density at radius 1 is 0.976 bits per heavy atom. The standard InChI is InChI=1S/C28H26Br2N4O7/c1-3-38-24-11-18(9-21(30)26(24)39-14-25(35)33-19-5-6-20(29)16(2)8-19)13-32-34-28(37)27(36)31-12-17-4-7-22-23(10-17)41-15-40-22/h4-11,13H,3,12,14-15H2,1-2H3,(H,31,36)(H,33,35)(H,34,37)/b32-13-. The van der Waals surface area contributed by atoms with E-state index in [1.807, 2.05) is 26.0 Å². The zero-order valence-electron chi connectivity index (χ0n) is 22.1. The molecule has 0 unspecified atom stereocenters. The number of rotatable bonds is 10. The van der Waals surface area contributed by atoms with Gasteiger partial charge < -0.3 is 29.6 Å². The summed E-state index contributed by atoms with van der Waals surface area (Å²) < 4.78 is 23.4. The Hall–Kier alpha value is -4.10. The molecule has 0 aliphatic carbocycles. The van der Waals surface area contributed by atoms with Gasteiger partial charge in [0, 0.05) is 16.7 Å². The zero-order valence-corrected chi connectivity index (χ0v) is 25.3. The van der Waals surface area contributed by atoms with Gasteiger partial charge in [-0.05, 0) is 88.9 Å². The molecular weight excluding hydrogens is 664 g/mol. The lowest BCUT2D eigenvalue weighted by molar-refractivity contribution is -0.139. The second kappa shape index (κ2) is 14.0. The molecular formula is C28H26Br2N4O7. The first-order chi connectivity index (χ1) is 19.7. The molecule has 3 amide bonds. The summed E-state index contributed by atoms with van der Waals surface area (Å²) in [6.45, 7) is 4.10. The lowest BCUT2D eigenvalue weighted by Crippen LogP contribution is -2.37. The van der Waals surface area contributed by atoms with E-state index < -0.39 is 11.8 Å². The Kier molecular flexibility index (Phi) is 10.2. The maximum Gasteiger partial charge on any atom is 0.329 e. The van der Waals surface area contributed by atoms with E-state index >= 15 is 0 Å². The molecule has 0 fully saturated rings. The van der Waals surface area contributed by atoms with Gasteiger partial charge in [-0.3, -0.25) is 14.4 Å². The van der Waals surface area contributed by atoms with Crippen LogP contribution < -0.4 is 35.0 Å². The fourth-order valence-electron chi connectivity index (χ4n) is 3.65. The molecule has 13 heteroatoms. The molecule has 0 saturated carbocycles. The molecule has 0 bridgehead atoms. The molecule has 0 saturated heterocycles. The third-order valence-electron chi connectivity index (χ3n) is 5.60. The van der Waals surface area contributed by atoms with Crippen LogP contribution in [0.5, 0.6) is 23.0 Å². The van der Waals surface area contributed by atoms with Crippen molar-refractivity contribution in [2.45, 2.75) is 20.4 Å². The van der Waals surface area contributed by atoms with Crippen LogP contribution in [0.15, 0.2) is 62.6 Å². The minimum Gasteiger partial charge on any atom is -0.490 e. The number of ether oxygens (including phenoxy) is 4. The number of aryl methyl sites for hydroxylation is 1. The predicted octanol–water partition coefficient (Wildman–Crippen LogP) is 4.43. The minimum atomic E-state index is -0.932. The normalized spacial score (nSPS) is 11.7. The number of hydrazone groups is 1. The number of halogens is 2. The molecule has 3 aromatic rings. The van der Waals surface area contributed by atoms with Gasteiger partial charge in [0.15, 0.2) is 29.6 Å². The van der Waals surface area contributed by atoms with Crippen LogP contribution in [0.4, 0.5) is 5.69 Å². The first-order valence-electron chi connectivity index (χ1n) is 12.4. The van der Waals surface area contributed by atoms with Gasteiger partial charge >= 0.3 is 11.8 Å². The Balaban J connectivity index is 1.31. The second-order valence-electron chi connectivity index (χ2n) is 8.63. The molecule has 41 heavy (non-hydrogen) atoms. The van der Waals surface area contributed by atoms with Crippen molar-refractivity contribution in [1.29, 1.82) is 0 Å². The van der Waals surface area contributed by atoms with Crippen molar-refractivity contribution in [1.82, 2.24) is 10.7 Å². The molecule has 1 aliphatic rings. The second-order valence-corrected chi connectivity index (χ2v) is 10.3. The van der Waals surface area contributed by atoms with E-state index in [1.165, 1.54) is 6.21 Å². The van der Waals surface area contributed by atoms with E-state index in [4.69, 9.17) is 18.9 Å². The van der Waals surface area contributed by atoms with E-state index in [0.717, 1.165) is 15.6 Å². The molecule has 1 heterocycles. The first-order valence-corrected chi connectivity index (χ1v) is 14.0. The number of amides is 3. The topological polar surface area (TPSA) is 137 Å². The van der Waals surface area contributed by atoms with Crippen molar-refractivity contribution >= 4 is 61.5 Å². The summed E-state index contributed by atoms with van der Waals surface area (Å²) in [5.74, 6) is -0.218. The van der Waals surface area contributed by atoms with Crippen LogP contribution in [0, 0.1) is 6.92 Å². The lowest BCUT2D eigenvalue weighted by atomic mass is 10.2. The van der Waals surface area contributed by atoms with Gasteiger partial charge in [-0.2, -0.15) is 5.10 Å². The van der Waals surface area contributed by atoms with Crippen molar-refractivity contribution in [2.75, 3.05) is 25.3 Å². The Bertz CT molecular complexity index is 1500. The van der Waals surface area contributed by atoms with E-state index in [-0.39, 0.29) is 25.9 Å². The van der Waals surface area contributed by atoms with E-state index in [9.17, 15) is 14.4 Å². The van der Waals surface area contributed by atoms with E-state index in [0.29, 0.717) is 45.3 Å². The van der Waals surface area contributed by atoms with Crippen LogP contribution >= 0.6 is 31.9 Å². The molecule has 0 atom stereocenters. The summed E-state index contributed by atoms with van der Waals surface area (Å²) in [5.41, 5.74) is 5.12. The highest BCUT2D eigenvalue weighted by Crippen LogP contribution is 2.37. The van der Waals surface area contributed by atoms with Crippen molar-refractivity contribution in [3.8, 4) is 23.0 Å². The molecule has 0 aromatic heterocycles. The van der Waals surface area contributed by atoms with Gasteiger partial charge in [0.25, 0.3) is 5.91 Å². The Morgan fingerprint density at radius 2 is 1.78 bits per heavy atom. The largest absolute Gasteiger partial charge is 0.490 e. The van der Waals surface area contributed by atoms with Crippen LogP contribution in [-0.2, 0) is 20.9 Å². The van der Waals surface area contributed by atoms with Crippen molar-refractivity contribution < 1.29 is 33.3 Å². The number of hydrogen-bond donors (Lipinski definition) is 3. The summed E-state index contributed by atoms with van der Waals surface area (Å²) in [5, 5.41) is 9.18. The molecule has 4 rings (SSSR count). The molecule has 0 spiro atoms. The van der Waals surface area contributed by atoms with Crippen LogP contribution in [0.1, 0.15) is 23.6 Å². The summed E-state index contributed by atoms with van der Waals surface area (Å²) in [6.07, 6.45) is 1.35. The monoisotopic (exact) mass is 688 g/mol. The van der Waals surface area contributed by atoms with Gasteiger partial charge in [0.1, 0.15) is 0 Å². The SMILES string of the molecule is CCOc1cc(/C=N\NC(=O)C(=O)NCc2ccc3c(c2)OCO3)cc(Br)c1OCC(=O)Nc1ccc(Br)c(C)c1. The number of nitrogens with zero attached hydrogens (tertiary/aromatic N) is 1. The third kappa shape index (κ3) is 8.21. The number of anilines is 1. The lowest BCUT2D eigenvalue weighted by Gasteiger charge is -2.15.